The van der Waals surface area contributed by atoms with Crippen molar-refractivity contribution < 1.29 is 14.3 Å². The van der Waals surface area contributed by atoms with E-state index in [2.05, 4.69) is 6.07 Å². The molecule has 0 bridgehead atoms. The summed E-state index contributed by atoms with van der Waals surface area (Å²) in [6.45, 7) is 3.12. The highest BCUT2D eigenvalue weighted by Gasteiger charge is 2.57. The summed E-state index contributed by atoms with van der Waals surface area (Å²) in [5, 5.41) is 19.3. The number of ether oxygens (including phenoxy) is 2. The standard InChI is InChI=1S/C16H18N2O3/c1-4-21-14(19)16(11-18,12-20-3)15(2,10-17)13-8-6-5-7-9-13/h5-9H,4,12H2,1-3H3/t15-,16-/m0/s1. The van der Waals surface area contributed by atoms with Crippen LogP contribution in [0.4, 0.5) is 0 Å². The van der Waals surface area contributed by atoms with Gasteiger partial charge in [-0.05, 0) is 19.4 Å². The van der Waals surface area contributed by atoms with Crippen molar-refractivity contribution in [3.63, 3.8) is 0 Å². The minimum atomic E-state index is -1.73. The molecule has 0 saturated carbocycles. The van der Waals surface area contributed by atoms with Gasteiger partial charge in [-0.2, -0.15) is 10.5 Å². The smallest absolute Gasteiger partial charge is 0.330 e. The normalized spacial score (nSPS) is 15.9. The van der Waals surface area contributed by atoms with Crippen LogP contribution in [0.1, 0.15) is 19.4 Å². The van der Waals surface area contributed by atoms with E-state index in [0.717, 1.165) is 0 Å². The molecule has 5 heteroatoms. The first-order valence-corrected chi connectivity index (χ1v) is 6.56. The summed E-state index contributed by atoms with van der Waals surface area (Å²) >= 11 is 0. The molecule has 2 atom stereocenters. The molecule has 21 heavy (non-hydrogen) atoms. The van der Waals surface area contributed by atoms with Crippen molar-refractivity contribution in [1.82, 2.24) is 0 Å². The molecule has 1 rings (SSSR count). The lowest BCUT2D eigenvalue weighted by atomic mass is 9.62. The fourth-order valence-corrected chi connectivity index (χ4v) is 2.25. The lowest BCUT2D eigenvalue weighted by molar-refractivity contribution is -0.157. The van der Waals surface area contributed by atoms with Crippen LogP contribution in [0.25, 0.3) is 0 Å². The Hall–Kier alpha value is -2.37. The molecule has 5 nitrogen and oxygen atoms in total. The number of hydrogen-bond acceptors (Lipinski definition) is 5. The molecule has 0 N–H and O–H groups in total. The summed E-state index contributed by atoms with van der Waals surface area (Å²) in [7, 11) is 1.38. The van der Waals surface area contributed by atoms with Gasteiger partial charge in [-0.3, -0.25) is 4.79 Å². The monoisotopic (exact) mass is 286 g/mol. The fraction of sp³-hybridized carbons (Fsp3) is 0.438. The Balaban J connectivity index is 3.52. The van der Waals surface area contributed by atoms with Crippen LogP contribution in [0.15, 0.2) is 30.3 Å². The molecule has 110 valence electrons. The zero-order chi connectivity index (χ0) is 15.9. The Morgan fingerprint density at radius 3 is 2.29 bits per heavy atom. The summed E-state index contributed by atoms with van der Waals surface area (Å²) in [5.74, 6) is -0.748. The Morgan fingerprint density at radius 1 is 1.24 bits per heavy atom. The average Bonchev–Trinajstić information content (AvgIpc) is 2.52. The third-order valence-electron chi connectivity index (χ3n) is 3.60. The molecule has 0 aliphatic carbocycles. The minimum Gasteiger partial charge on any atom is -0.465 e. The summed E-state index contributed by atoms with van der Waals surface area (Å²) < 4.78 is 10.1. The highest BCUT2D eigenvalue weighted by Crippen LogP contribution is 2.42. The minimum absolute atomic E-state index is 0.127. The maximum atomic E-state index is 12.4. The number of esters is 1. The van der Waals surface area contributed by atoms with Gasteiger partial charge < -0.3 is 9.47 Å². The first-order valence-electron chi connectivity index (χ1n) is 6.56. The van der Waals surface area contributed by atoms with Crippen LogP contribution >= 0.6 is 0 Å². The van der Waals surface area contributed by atoms with Crippen molar-refractivity contribution in [2.45, 2.75) is 19.3 Å². The Morgan fingerprint density at radius 2 is 1.86 bits per heavy atom. The number of nitrogens with zero attached hydrogens (tertiary/aromatic N) is 2. The van der Waals surface area contributed by atoms with Crippen LogP contribution in [-0.2, 0) is 19.7 Å². The van der Waals surface area contributed by atoms with E-state index in [0.29, 0.717) is 5.56 Å². The Labute approximate surface area is 124 Å². The molecule has 0 radical (unpaired) electrons. The second kappa shape index (κ2) is 6.88. The van der Waals surface area contributed by atoms with Gasteiger partial charge >= 0.3 is 5.97 Å². The Kier molecular flexibility index (Phi) is 5.46. The van der Waals surface area contributed by atoms with Crippen molar-refractivity contribution in [2.24, 2.45) is 5.41 Å². The van der Waals surface area contributed by atoms with Gasteiger partial charge in [0, 0.05) is 7.11 Å². The molecule has 0 aliphatic rings. The van der Waals surface area contributed by atoms with Crippen molar-refractivity contribution in [3.05, 3.63) is 35.9 Å². The predicted molar refractivity (Wildman–Crippen MR) is 76.0 cm³/mol. The van der Waals surface area contributed by atoms with Gasteiger partial charge in [-0.25, -0.2) is 0 Å². The van der Waals surface area contributed by atoms with E-state index in [1.165, 1.54) is 7.11 Å². The van der Waals surface area contributed by atoms with E-state index >= 15 is 0 Å². The molecule has 0 amide bonds. The van der Waals surface area contributed by atoms with Gasteiger partial charge in [0.25, 0.3) is 0 Å². The van der Waals surface area contributed by atoms with E-state index in [9.17, 15) is 15.3 Å². The lowest BCUT2D eigenvalue weighted by Gasteiger charge is -2.36. The van der Waals surface area contributed by atoms with Gasteiger partial charge in [-0.15, -0.1) is 0 Å². The topological polar surface area (TPSA) is 83.1 Å². The maximum Gasteiger partial charge on any atom is 0.330 e. The van der Waals surface area contributed by atoms with E-state index in [4.69, 9.17) is 9.47 Å². The molecule has 0 aromatic heterocycles. The fourth-order valence-electron chi connectivity index (χ4n) is 2.25. The van der Waals surface area contributed by atoms with Crippen LogP contribution in [0.2, 0.25) is 0 Å². The molecule has 0 saturated heterocycles. The van der Waals surface area contributed by atoms with Gasteiger partial charge in [-0.1, -0.05) is 30.3 Å². The number of nitriles is 2. The second-order valence-electron chi connectivity index (χ2n) is 4.77. The maximum absolute atomic E-state index is 12.4. The van der Waals surface area contributed by atoms with Crippen molar-refractivity contribution in [2.75, 3.05) is 20.3 Å². The van der Waals surface area contributed by atoms with E-state index in [-0.39, 0.29) is 13.2 Å². The quantitative estimate of drug-likeness (QED) is 0.748. The highest BCUT2D eigenvalue weighted by atomic mass is 16.5. The van der Waals surface area contributed by atoms with Gasteiger partial charge in [0.15, 0.2) is 5.41 Å². The molecular formula is C16H18N2O3. The highest BCUT2D eigenvalue weighted by molar-refractivity contribution is 5.84. The first kappa shape index (κ1) is 16.7. The third-order valence-corrected chi connectivity index (χ3v) is 3.60. The number of methoxy groups -OCH3 is 1. The van der Waals surface area contributed by atoms with Crippen molar-refractivity contribution in [3.8, 4) is 12.1 Å². The SMILES string of the molecule is CCOC(=O)[C@](C#N)(COC)[C@@](C)(C#N)c1ccccc1. The number of rotatable bonds is 6. The van der Waals surface area contributed by atoms with Crippen molar-refractivity contribution >= 4 is 5.97 Å². The molecule has 0 spiro atoms. The van der Waals surface area contributed by atoms with Crippen molar-refractivity contribution in [1.29, 1.82) is 10.5 Å². The summed E-state index contributed by atoms with van der Waals surface area (Å²) in [5.41, 5.74) is -2.54. The number of carbonyl (C=O) groups is 1. The van der Waals surface area contributed by atoms with Crippen LogP contribution in [0.3, 0.4) is 0 Å². The predicted octanol–water partition coefficient (Wildman–Crippen LogP) is 2.19. The largest absolute Gasteiger partial charge is 0.465 e. The van der Waals surface area contributed by atoms with Crippen LogP contribution in [0.5, 0.6) is 0 Å². The summed E-state index contributed by atoms with van der Waals surface area (Å²) in [6, 6.07) is 12.8. The summed E-state index contributed by atoms with van der Waals surface area (Å²) in [4.78, 5) is 12.4. The molecule has 0 fully saturated rings. The zero-order valence-electron chi connectivity index (χ0n) is 12.4. The van der Waals surface area contributed by atoms with Gasteiger partial charge in [0.05, 0.1) is 25.4 Å². The number of hydrogen-bond donors (Lipinski definition) is 0. The molecular weight excluding hydrogens is 268 g/mol. The van der Waals surface area contributed by atoms with Crippen LogP contribution in [0, 0.1) is 28.1 Å². The summed E-state index contributed by atoms with van der Waals surface area (Å²) in [6.07, 6.45) is 0. The van der Waals surface area contributed by atoms with E-state index in [1.54, 1.807) is 44.2 Å². The zero-order valence-corrected chi connectivity index (χ0v) is 12.4. The molecule has 0 unspecified atom stereocenters. The molecule has 0 aliphatic heterocycles. The van der Waals surface area contributed by atoms with Crippen LogP contribution < -0.4 is 0 Å². The second-order valence-corrected chi connectivity index (χ2v) is 4.77. The van der Waals surface area contributed by atoms with Gasteiger partial charge in [0.1, 0.15) is 5.41 Å². The molecule has 1 aromatic rings. The lowest BCUT2D eigenvalue weighted by Crippen LogP contribution is -2.51. The molecule has 0 heterocycles. The average molecular weight is 286 g/mol. The third kappa shape index (κ3) is 2.74. The number of carbonyl (C=O) groups excluding carboxylic acids is 1. The Bertz CT molecular complexity index is 573. The first-order chi connectivity index (χ1) is 10.0. The number of benzene rings is 1. The van der Waals surface area contributed by atoms with Gasteiger partial charge in [0.2, 0.25) is 0 Å². The molecule has 1 aromatic carbocycles. The van der Waals surface area contributed by atoms with E-state index < -0.39 is 16.8 Å². The van der Waals surface area contributed by atoms with E-state index in [1.807, 2.05) is 6.07 Å². The van der Waals surface area contributed by atoms with Crippen LogP contribution in [-0.4, -0.2) is 26.3 Å².